The first kappa shape index (κ1) is 17.6. The Morgan fingerprint density at radius 3 is 2.27 bits per heavy atom. The average molecular weight is 415 g/mol. The molecule has 0 radical (unpaired) electrons. The number of rotatable bonds is 3. The number of ether oxygens (including phenoxy) is 1. The number of halogens is 1. The Balaban J connectivity index is 1.95. The lowest BCUT2D eigenvalue weighted by Crippen LogP contribution is -2.51. The summed E-state index contributed by atoms with van der Waals surface area (Å²) in [7, 11) is 0. The van der Waals surface area contributed by atoms with E-state index in [0.717, 1.165) is 0 Å². The zero-order chi connectivity index (χ0) is 18.7. The lowest BCUT2D eigenvalue weighted by atomic mass is 10.1. The summed E-state index contributed by atoms with van der Waals surface area (Å²) in [6.07, 6.45) is 1.25. The van der Waals surface area contributed by atoms with Crippen LogP contribution >= 0.6 is 15.9 Å². The van der Waals surface area contributed by atoms with Gasteiger partial charge in [-0.1, -0.05) is 34.1 Å². The minimum absolute atomic E-state index is 0.159. The molecule has 130 valence electrons. The highest BCUT2D eigenvalue weighted by atomic mass is 79.9. The summed E-state index contributed by atoms with van der Waals surface area (Å²) in [6, 6.07) is 12.3. The summed E-state index contributed by atoms with van der Waals surface area (Å²) < 4.78 is 6.03. The molecule has 0 bridgehead atoms. The van der Waals surface area contributed by atoms with E-state index in [0.29, 0.717) is 15.6 Å². The van der Waals surface area contributed by atoms with E-state index in [9.17, 15) is 19.2 Å². The molecule has 1 heterocycles. The van der Waals surface area contributed by atoms with Gasteiger partial charge in [0.15, 0.2) is 0 Å². The monoisotopic (exact) mass is 414 g/mol. The van der Waals surface area contributed by atoms with Crippen molar-refractivity contribution in [2.24, 2.45) is 0 Å². The summed E-state index contributed by atoms with van der Waals surface area (Å²) in [4.78, 5) is 47.2. The Labute approximate surface area is 156 Å². The molecule has 0 saturated carbocycles. The van der Waals surface area contributed by atoms with Crippen molar-refractivity contribution in [3.8, 4) is 5.75 Å². The molecule has 7 nitrogen and oxygen atoms in total. The molecule has 0 aromatic heterocycles. The van der Waals surface area contributed by atoms with Crippen LogP contribution in [0.2, 0.25) is 0 Å². The van der Waals surface area contributed by atoms with Crippen molar-refractivity contribution >= 4 is 45.8 Å². The van der Waals surface area contributed by atoms with Crippen LogP contribution in [0.15, 0.2) is 58.6 Å². The van der Waals surface area contributed by atoms with Crippen LogP contribution in [0.4, 0.5) is 4.79 Å². The van der Waals surface area contributed by atoms with Gasteiger partial charge < -0.3 is 4.74 Å². The van der Waals surface area contributed by atoms with Crippen LogP contribution in [0.1, 0.15) is 15.9 Å². The first-order valence-corrected chi connectivity index (χ1v) is 8.18. The lowest BCUT2D eigenvalue weighted by Gasteiger charge is -2.15. The molecule has 0 spiro atoms. The highest BCUT2D eigenvalue weighted by Gasteiger charge is 2.28. The van der Waals surface area contributed by atoms with E-state index >= 15 is 0 Å². The second kappa shape index (κ2) is 7.32. The Morgan fingerprint density at radius 1 is 0.962 bits per heavy atom. The van der Waals surface area contributed by atoms with Crippen molar-refractivity contribution in [2.45, 2.75) is 0 Å². The second-order valence-corrected chi connectivity index (χ2v) is 6.15. The molecule has 0 aliphatic carbocycles. The van der Waals surface area contributed by atoms with E-state index in [1.54, 1.807) is 42.5 Å². The molecule has 1 saturated heterocycles. The smallest absolute Gasteiger partial charge is 0.343 e. The van der Waals surface area contributed by atoms with Gasteiger partial charge in [-0.25, -0.2) is 9.59 Å². The minimum atomic E-state index is -0.887. The van der Waals surface area contributed by atoms with Gasteiger partial charge in [-0.05, 0) is 36.4 Å². The molecule has 0 atom stereocenters. The van der Waals surface area contributed by atoms with E-state index in [1.165, 1.54) is 12.1 Å². The third-order valence-electron chi connectivity index (χ3n) is 3.43. The molecule has 8 heteroatoms. The minimum Gasteiger partial charge on any atom is -0.422 e. The molecular weight excluding hydrogens is 404 g/mol. The van der Waals surface area contributed by atoms with Crippen molar-refractivity contribution in [3.05, 3.63) is 69.7 Å². The van der Waals surface area contributed by atoms with Crippen molar-refractivity contribution in [2.75, 3.05) is 0 Å². The summed E-state index contributed by atoms with van der Waals surface area (Å²) in [5.41, 5.74) is 0.394. The number of carbonyl (C=O) groups is 4. The molecular formula is C18H11BrN2O5. The molecule has 2 aromatic carbocycles. The number of barbiturate groups is 1. The number of nitrogens with one attached hydrogen (secondary N) is 2. The van der Waals surface area contributed by atoms with Crippen LogP contribution in [0.25, 0.3) is 6.08 Å². The van der Waals surface area contributed by atoms with Crippen LogP contribution < -0.4 is 15.4 Å². The lowest BCUT2D eigenvalue weighted by molar-refractivity contribution is -0.123. The Bertz CT molecular complexity index is 931. The van der Waals surface area contributed by atoms with E-state index in [2.05, 4.69) is 15.9 Å². The molecule has 4 amide bonds. The Morgan fingerprint density at radius 2 is 1.62 bits per heavy atom. The largest absolute Gasteiger partial charge is 0.422 e. The van der Waals surface area contributed by atoms with Gasteiger partial charge in [-0.3, -0.25) is 20.2 Å². The Hall–Kier alpha value is -3.26. The molecule has 1 fully saturated rings. The molecule has 0 unspecified atom stereocenters. The zero-order valence-electron chi connectivity index (χ0n) is 13.1. The quantitative estimate of drug-likeness (QED) is 0.347. The third-order valence-corrected chi connectivity index (χ3v) is 3.92. The number of hydrogen-bond acceptors (Lipinski definition) is 5. The highest BCUT2D eigenvalue weighted by molar-refractivity contribution is 9.10. The van der Waals surface area contributed by atoms with E-state index < -0.39 is 23.8 Å². The molecule has 1 aliphatic heterocycles. The number of urea groups is 1. The predicted molar refractivity (Wildman–Crippen MR) is 95.2 cm³/mol. The third kappa shape index (κ3) is 3.86. The van der Waals surface area contributed by atoms with Crippen molar-refractivity contribution in [1.82, 2.24) is 10.6 Å². The SMILES string of the molecule is O=C1NC(=O)C(=Cc2cc(Br)ccc2OC(=O)c2ccccc2)C(=O)N1. The summed E-state index contributed by atoms with van der Waals surface area (Å²) in [5, 5.41) is 3.97. The van der Waals surface area contributed by atoms with Gasteiger partial charge in [0.1, 0.15) is 11.3 Å². The van der Waals surface area contributed by atoms with Crippen molar-refractivity contribution in [1.29, 1.82) is 0 Å². The van der Waals surface area contributed by atoms with Gasteiger partial charge in [0, 0.05) is 10.0 Å². The van der Waals surface area contributed by atoms with Gasteiger partial charge in [-0.15, -0.1) is 0 Å². The highest BCUT2D eigenvalue weighted by Crippen LogP contribution is 2.27. The number of hydrogen-bond donors (Lipinski definition) is 2. The van der Waals surface area contributed by atoms with Crippen LogP contribution in [0.3, 0.4) is 0 Å². The standard InChI is InChI=1S/C18H11BrN2O5/c19-12-6-7-14(26-17(24)10-4-2-1-3-5-10)11(8-12)9-13-15(22)20-18(25)21-16(13)23/h1-9H,(H2,20,21,22,23,25). The number of esters is 1. The van der Waals surface area contributed by atoms with Crippen molar-refractivity contribution in [3.63, 3.8) is 0 Å². The van der Waals surface area contributed by atoms with Gasteiger partial charge in [0.25, 0.3) is 11.8 Å². The van der Waals surface area contributed by atoms with Crippen LogP contribution in [0, 0.1) is 0 Å². The fourth-order valence-electron chi connectivity index (χ4n) is 2.22. The van der Waals surface area contributed by atoms with Crippen molar-refractivity contribution < 1.29 is 23.9 Å². The first-order valence-electron chi connectivity index (χ1n) is 7.39. The molecule has 1 aliphatic rings. The maximum Gasteiger partial charge on any atom is 0.343 e. The maximum absolute atomic E-state index is 12.3. The van der Waals surface area contributed by atoms with Crippen LogP contribution in [-0.2, 0) is 9.59 Å². The molecule has 2 N–H and O–H groups in total. The van der Waals surface area contributed by atoms with Gasteiger partial charge in [-0.2, -0.15) is 0 Å². The number of carbonyl (C=O) groups excluding carboxylic acids is 4. The molecule has 3 rings (SSSR count). The molecule has 26 heavy (non-hydrogen) atoms. The normalized spacial score (nSPS) is 13.7. The van der Waals surface area contributed by atoms with Gasteiger partial charge >= 0.3 is 12.0 Å². The topological polar surface area (TPSA) is 102 Å². The van der Waals surface area contributed by atoms with E-state index in [4.69, 9.17) is 4.74 Å². The van der Waals surface area contributed by atoms with Crippen LogP contribution in [-0.4, -0.2) is 23.8 Å². The predicted octanol–water partition coefficient (Wildman–Crippen LogP) is 2.42. The Kier molecular flexibility index (Phi) is 4.94. The number of imide groups is 2. The maximum atomic E-state index is 12.3. The van der Waals surface area contributed by atoms with E-state index in [-0.39, 0.29) is 11.3 Å². The summed E-state index contributed by atoms with van der Waals surface area (Å²) >= 11 is 3.29. The van der Waals surface area contributed by atoms with Gasteiger partial charge in [0.05, 0.1) is 5.56 Å². The van der Waals surface area contributed by atoms with E-state index in [1.807, 2.05) is 10.6 Å². The van der Waals surface area contributed by atoms with Crippen LogP contribution in [0.5, 0.6) is 5.75 Å². The fraction of sp³-hybridized carbons (Fsp3) is 0. The number of benzene rings is 2. The number of amides is 4. The fourth-order valence-corrected chi connectivity index (χ4v) is 2.60. The molecule has 2 aromatic rings. The average Bonchev–Trinajstić information content (AvgIpc) is 2.61. The second-order valence-electron chi connectivity index (χ2n) is 5.23. The first-order chi connectivity index (χ1) is 12.4. The van der Waals surface area contributed by atoms with Gasteiger partial charge in [0.2, 0.25) is 0 Å². The summed E-state index contributed by atoms with van der Waals surface area (Å²) in [6.45, 7) is 0. The summed E-state index contributed by atoms with van der Waals surface area (Å²) in [5.74, 6) is -2.09. The zero-order valence-corrected chi connectivity index (χ0v) is 14.7.